The standard InChI is InChI=1S/C24H27Cl2N3O4S/c25-20-7-5-8-21(26)19(20)16-34(32,33)29-14-10-17(11-15-29)23(30)27-22-9-2-1-6-18(22)24(31)28-12-3-4-13-28/h1-2,5-9,17H,3-4,10-16H2,(H,27,30). The van der Waals surface area contributed by atoms with Crippen LogP contribution in [-0.2, 0) is 20.6 Å². The Bertz CT molecular complexity index is 1150. The molecule has 7 nitrogen and oxygen atoms in total. The predicted octanol–water partition coefficient (Wildman–Crippen LogP) is 4.41. The maximum absolute atomic E-state index is 13.0. The summed E-state index contributed by atoms with van der Waals surface area (Å²) < 4.78 is 27.3. The van der Waals surface area contributed by atoms with Crippen LogP contribution >= 0.6 is 23.2 Å². The van der Waals surface area contributed by atoms with Crippen LogP contribution in [0.2, 0.25) is 10.0 Å². The maximum atomic E-state index is 13.0. The second kappa shape index (κ2) is 10.6. The van der Waals surface area contributed by atoms with Crippen molar-refractivity contribution in [1.82, 2.24) is 9.21 Å². The van der Waals surface area contributed by atoms with Crippen LogP contribution in [0.25, 0.3) is 0 Å². The summed E-state index contributed by atoms with van der Waals surface area (Å²) in [7, 11) is -3.63. The molecule has 34 heavy (non-hydrogen) atoms. The highest BCUT2D eigenvalue weighted by atomic mass is 35.5. The van der Waals surface area contributed by atoms with Gasteiger partial charge in [0.1, 0.15) is 0 Å². The van der Waals surface area contributed by atoms with Gasteiger partial charge >= 0.3 is 0 Å². The van der Waals surface area contributed by atoms with E-state index >= 15 is 0 Å². The fourth-order valence-electron chi connectivity index (χ4n) is 4.44. The van der Waals surface area contributed by atoms with Gasteiger partial charge in [-0.25, -0.2) is 12.7 Å². The molecule has 10 heteroatoms. The summed E-state index contributed by atoms with van der Waals surface area (Å²) in [4.78, 5) is 27.6. The lowest BCUT2D eigenvalue weighted by Crippen LogP contribution is -2.42. The number of hydrogen-bond acceptors (Lipinski definition) is 4. The number of carbonyl (C=O) groups is 2. The molecule has 4 rings (SSSR count). The number of nitrogens with zero attached hydrogens (tertiary/aromatic N) is 2. The van der Waals surface area contributed by atoms with Crippen LogP contribution in [0.3, 0.4) is 0 Å². The number of rotatable bonds is 6. The van der Waals surface area contributed by atoms with Crippen LogP contribution < -0.4 is 5.32 Å². The van der Waals surface area contributed by atoms with Crippen molar-refractivity contribution in [3.8, 4) is 0 Å². The van der Waals surface area contributed by atoms with Crippen molar-refractivity contribution in [3.05, 3.63) is 63.6 Å². The van der Waals surface area contributed by atoms with Crippen LogP contribution in [-0.4, -0.2) is 55.6 Å². The van der Waals surface area contributed by atoms with Gasteiger partial charge in [-0.05, 0) is 49.9 Å². The van der Waals surface area contributed by atoms with Gasteiger partial charge in [0.2, 0.25) is 15.9 Å². The summed E-state index contributed by atoms with van der Waals surface area (Å²) in [6, 6.07) is 11.9. The molecule has 0 unspecified atom stereocenters. The minimum atomic E-state index is -3.63. The molecule has 0 atom stereocenters. The van der Waals surface area contributed by atoms with E-state index in [1.54, 1.807) is 47.4 Å². The lowest BCUT2D eigenvalue weighted by atomic mass is 9.97. The Morgan fingerprint density at radius 1 is 0.912 bits per heavy atom. The summed E-state index contributed by atoms with van der Waals surface area (Å²) in [5.41, 5.74) is 1.35. The first kappa shape index (κ1) is 25.0. The third-order valence-electron chi connectivity index (χ3n) is 6.42. The van der Waals surface area contributed by atoms with E-state index in [1.165, 1.54) is 4.31 Å². The molecule has 0 bridgehead atoms. The molecule has 2 amide bonds. The van der Waals surface area contributed by atoms with E-state index in [-0.39, 0.29) is 36.6 Å². The number of likely N-dealkylation sites (tertiary alicyclic amines) is 1. The van der Waals surface area contributed by atoms with E-state index in [0.717, 1.165) is 25.9 Å². The molecule has 0 spiro atoms. The number of sulfonamides is 1. The van der Waals surface area contributed by atoms with Gasteiger partial charge in [0.05, 0.1) is 17.0 Å². The third kappa shape index (κ3) is 5.57. The fraction of sp³-hybridized carbons (Fsp3) is 0.417. The van der Waals surface area contributed by atoms with Gasteiger partial charge in [0, 0.05) is 47.7 Å². The number of carbonyl (C=O) groups excluding carboxylic acids is 2. The first-order valence-corrected chi connectivity index (χ1v) is 13.7. The first-order chi connectivity index (χ1) is 16.3. The summed E-state index contributed by atoms with van der Waals surface area (Å²) in [6.45, 7) is 1.93. The Balaban J connectivity index is 1.38. The highest BCUT2D eigenvalue weighted by molar-refractivity contribution is 7.88. The minimum Gasteiger partial charge on any atom is -0.339 e. The molecule has 0 saturated carbocycles. The van der Waals surface area contributed by atoms with Crippen molar-refractivity contribution in [3.63, 3.8) is 0 Å². The molecule has 182 valence electrons. The average molecular weight is 524 g/mol. The molecule has 0 aliphatic carbocycles. The van der Waals surface area contributed by atoms with Crippen molar-refractivity contribution in [2.45, 2.75) is 31.4 Å². The van der Waals surface area contributed by atoms with Crippen molar-refractivity contribution >= 4 is 50.7 Å². The van der Waals surface area contributed by atoms with E-state index in [1.807, 2.05) is 0 Å². The number of nitrogens with one attached hydrogen (secondary N) is 1. The molecule has 2 aliphatic heterocycles. The Labute approximate surface area is 210 Å². The van der Waals surface area contributed by atoms with Gasteiger partial charge in [0.15, 0.2) is 0 Å². The molecule has 0 aromatic heterocycles. The van der Waals surface area contributed by atoms with E-state index in [9.17, 15) is 18.0 Å². The highest BCUT2D eigenvalue weighted by Crippen LogP contribution is 2.29. The normalized spacial score (nSPS) is 17.6. The second-order valence-electron chi connectivity index (χ2n) is 8.66. The summed E-state index contributed by atoms with van der Waals surface area (Å²) in [5.74, 6) is -0.903. The molecule has 2 heterocycles. The van der Waals surface area contributed by atoms with Gasteiger partial charge in [-0.15, -0.1) is 0 Å². The molecular weight excluding hydrogens is 497 g/mol. The van der Waals surface area contributed by atoms with Crippen LogP contribution in [0.1, 0.15) is 41.6 Å². The van der Waals surface area contributed by atoms with E-state index in [0.29, 0.717) is 39.7 Å². The van der Waals surface area contributed by atoms with Crippen molar-refractivity contribution in [1.29, 1.82) is 0 Å². The Kier molecular flexibility index (Phi) is 7.82. The van der Waals surface area contributed by atoms with Crippen LogP contribution in [0, 0.1) is 5.92 Å². The highest BCUT2D eigenvalue weighted by Gasteiger charge is 2.32. The van der Waals surface area contributed by atoms with Crippen LogP contribution in [0.15, 0.2) is 42.5 Å². The molecule has 2 aromatic carbocycles. The molecule has 2 aromatic rings. The van der Waals surface area contributed by atoms with E-state index < -0.39 is 10.0 Å². The maximum Gasteiger partial charge on any atom is 0.255 e. The predicted molar refractivity (Wildman–Crippen MR) is 134 cm³/mol. The zero-order valence-corrected chi connectivity index (χ0v) is 21.0. The van der Waals surface area contributed by atoms with Gasteiger partial charge in [0.25, 0.3) is 5.91 Å². The molecule has 1 N–H and O–H groups in total. The third-order valence-corrected chi connectivity index (χ3v) is 8.93. The van der Waals surface area contributed by atoms with Gasteiger partial charge in [-0.3, -0.25) is 9.59 Å². The number of piperidine rings is 1. The fourth-order valence-corrected chi connectivity index (χ4v) is 6.76. The molecular formula is C24H27Cl2N3O4S. The Morgan fingerprint density at radius 3 is 2.18 bits per heavy atom. The largest absolute Gasteiger partial charge is 0.339 e. The Morgan fingerprint density at radius 2 is 1.53 bits per heavy atom. The Hall–Kier alpha value is -2.13. The number of amides is 2. The summed E-state index contributed by atoms with van der Waals surface area (Å²) >= 11 is 12.3. The zero-order valence-electron chi connectivity index (χ0n) is 18.7. The molecule has 0 radical (unpaired) electrons. The summed E-state index contributed by atoms with van der Waals surface area (Å²) in [6.07, 6.45) is 2.77. The lowest BCUT2D eigenvalue weighted by molar-refractivity contribution is -0.120. The number of halogens is 2. The average Bonchev–Trinajstić information content (AvgIpc) is 3.37. The monoisotopic (exact) mass is 523 g/mol. The van der Waals surface area contributed by atoms with Crippen LogP contribution in [0.4, 0.5) is 5.69 Å². The number of anilines is 1. The van der Waals surface area contributed by atoms with Crippen LogP contribution in [0.5, 0.6) is 0 Å². The summed E-state index contributed by atoms with van der Waals surface area (Å²) in [5, 5.41) is 3.53. The molecule has 2 fully saturated rings. The van der Waals surface area contributed by atoms with Crippen molar-refractivity contribution < 1.29 is 18.0 Å². The topological polar surface area (TPSA) is 86.8 Å². The SMILES string of the molecule is O=C(Nc1ccccc1C(=O)N1CCCC1)C1CCN(S(=O)(=O)Cc2c(Cl)cccc2Cl)CC1. The van der Waals surface area contributed by atoms with Crippen molar-refractivity contribution in [2.24, 2.45) is 5.92 Å². The zero-order chi connectivity index (χ0) is 24.3. The number of benzene rings is 2. The lowest BCUT2D eigenvalue weighted by Gasteiger charge is -2.31. The molecule has 2 aliphatic rings. The quantitative estimate of drug-likeness (QED) is 0.607. The van der Waals surface area contributed by atoms with E-state index in [4.69, 9.17) is 23.2 Å². The van der Waals surface area contributed by atoms with Crippen molar-refractivity contribution in [2.75, 3.05) is 31.5 Å². The van der Waals surface area contributed by atoms with Gasteiger partial charge in [-0.2, -0.15) is 0 Å². The minimum absolute atomic E-state index is 0.0763. The molecule has 2 saturated heterocycles. The second-order valence-corrected chi connectivity index (χ2v) is 11.4. The smallest absolute Gasteiger partial charge is 0.255 e. The van der Waals surface area contributed by atoms with Gasteiger partial charge < -0.3 is 10.2 Å². The number of para-hydroxylation sites is 1. The first-order valence-electron chi connectivity index (χ1n) is 11.4. The van der Waals surface area contributed by atoms with E-state index in [2.05, 4.69) is 5.32 Å². The van der Waals surface area contributed by atoms with Gasteiger partial charge in [-0.1, -0.05) is 41.4 Å². The number of hydrogen-bond donors (Lipinski definition) is 1.